The molecule has 2 aliphatic carbocycles. The molecule has 3 aliphatic rings. The maximum atomic E-state index is 12.1. The predicted octanol–water partition coefficient (Wildman–Crippen LogP) is 2.45. The number of rotatable bonds is 0. The van der Waals surface area contributed by atoms with Crippen LogP contribution in [0.3, 0.4) is 0 Å². The smallest absolute Gasteiger partial charge is 0.163 e. The number of ketones is 1. The fraction of sp³-hybridized carbons (Fsp3) is 0.786. The quantitative estimate of drug-likeness (QED) is 0.606. The second kappa shape index (κ2) is 3.66. The van der Waals surface area contributed by atoms with Crippen LogP contribution in [0, 0.1) is 11.8 Å². The standard InChI is InChI=1S/C14H20O3/c1-8-4-5-9-10(15)6-7-11-13(12(8)9)17-14(2,3)16-11/h9,11-13H,1,4-7H2,2-3H3/t9?,11-,12?,13-/m1/s1. The Balaban J connectivity index is 1.93. The Morgan fingerprint density at radius 3 is 2.76 bits per heavy atom. The summed E-state index contributed by atoms with van der Waals surface area (Å²) in [6.45, 7) is 8.04. The predicted molar refractivity (Wildman–Crippen MR) is 63.4 cm³/mol. The van der Waals surface area contributed by atoms with Crippen molar-refractivity contribution in [3.05, 3.63) is 12.2 Å². The molecular weight excluding hydrogens is 216 g/mol. The highest BCUT2D eigenvalue weighted by atomic mass is 16.8. The molecule has 1 saturated heterocycles. The molecule has 4 atom stereocenters. The zero-order valence-electron chi connectivity index (χ0n) is 10.6. The van der Waals surface area contributed by atoms with E-state index in [0.29, 0.717) is 12.2 Å². The van der Waals surface area contributed by atoms with Crippen LogP contribution in [-0.2, 0) is 14.3 Å². The molecule has 2 unspecified atom stereocenters. The average Bonchev–Trinajstić information content (AvgIpc) is 2.71. The number of carbonyl (C=O) groups excluding carboxylic acids is 1. The first-order valence-electron chi connectivity index (χ1n) is 6.54. The SMILES string of the molecule is C=C1CCC2C(=O)CC[C@H]3OC(C)(C)O[C@H]3C12. The summed E-state index contributed by atoms with van der Waals surface area (Å²) >= 11 is 0. The van der Waals surface area contributed by atoms with Gasteiger partial charge in [-0.2, -0.15) is 0 Å². The maximum Gasteiger partial charge on any atom is 0.163 e. The fourth-order valence-electron chi connectivity index (χ4n) is 3.65. The van der Waals surface area contributed by atoms with Gasteiger partial charge in [-0.3, -0.25) is 4.79 Å². The lowest BCUT2D eigenvalue weighted by Crippen LogP contribution is -2.33. The fourth-order valence-corrected chi connectivity index (χ4v) is 3.65. The van der Waals surface area contributed by atoms with Gasteiger partial charge in [0.05, 0.1) is 12.2 Å². The van der Waals surface area contributed by atoms with Crippen LogP contribution in [0.1, 0.15) is 39.5 Å². The molecule has 0 N–H and O–H groups in total. The van der Waals surface area contributed by atoms with Crippen LogP contribution in [0.2, 0.25) is 0 Å². The van der Waals surface area contributed by atoms with Gasteiger partial charge in [0.2, 0.25) is 0 Å². The van der Waals surface area contributed by atoms with Gasteiger partial charge in [0.25, 0.3) is 0 Å². The molecule has 0 aromatic heterocycles. The topological polar surface area (TPSA) is 35.5 Å². The Bertz CT molecular complexity index is 372. The first kappa shape index (κ1) is 11.4. The van der Waals surface area contributed by atoms with E-state index < -0.39 is 5.79 Å². The summed E-state index contributed by atoms with van der Waals surface area (Å²) in [6.07, 6.45) is 3.46. The van der Waals surface area contributed by atoms with Gasteiger partial charge in [-0.15, -0.1) is 0 Å². The first-order valence-corrected chi connectivity index (χ1v) is 6.54. The zero-order valence-corrected chi connectivity index (χ0v) is 10.6. The van der Waals surface area contributed by atoms with Crippen molar-refractivity contribution in [2.24, 2.45) is 11.8 Å². The molecular formula is C14H20O3. The summed E-state index contributed by atoms with van der Waals surface area (Å²) in [6, 6.07) is 0. The second-order valence-corrected chi connectivity index (χ2v) is 5.97. The van der Waals surface area contributed by atoms with Crippen LogP contribution in [0.15, 0.2) is 12.2 Å². The highest BCUT2D eigenvalue weighted by Crippen LogP contribution is 2.48. The van der Waals surface area contributed by atoms with E-state index in [0.717, 1.165) is 19.3 Å². The molecule has 2 saturated carbocycles. The molecule has 3 fully saturated rings. The lowest BCUT2D eigenvalue weighted by Gasteiger charge is -2.25. The number of carbonyl (C=O) groups is 1. The molecule has 0 spiro atoms. The van der Waals surface area contributed by atoms with Gasteiger partial charge in [-0.05, 0) is 33.1 Å². The Kier molecular flexibility index (Phi) is 2.46. The molecule has 17 heavy (non-hydrogen) atoms. The van der Waals surface area contributed by atoms with E-state index in [-0.39, 0.29) is 24.0 Å². The average molecular weight is 236 g/mol. The van der Waals surface area contributed by atoms with Crippen molar-refractivity contribution in [2.75, 3.05) is 0 Å². The zero-order chi connectivity index (χ0) is 12.2. The summed E-state index contributed by atoms with van der Waals surface area (Å²) in [4.78, 5) is 12.1. The highest BCUT2D eigenvalue weighted by molar-refractivity contribution is 5.82. The maximum absolute atomic E-state index is 12.1. The van der Waals surface area contributed by atoms with Crippen molar-refractivity contribution in [3.8, 4) is 0 Å². The molecule has 0 radical (unpaired) electrons. The van der Waals surface area contributed by atoms with E-state index in [2.05, 4.69) is 6.58 Å². The van der Waals surface area contributed by atoms with Crippen LogP contribution < -0.4 is 0 Å². The van der Waals surface area contributed by atoms with Gasteiger partial charge in [0, 0.05) is 18.3 Å². The van der Waals surface area contributed by atoms with E-state index >= 15 is 0 Å². The summed E-state index contributed by atoms with van der Waals surface area (Å²) in [5.74, 6) is 0.197. The first-order chi connectivity index (χ1) is 7.98. The van der Waals surface area contributed by atoms with Crippen molar-refractivity contribution in [1.82, 2.24) is 0 Å². The molecule has 0 aromatic rings. The van der Waals surface area contributed by atoms with Gasteiger partial charge < -0.3 is 9.47 Å². The molecule has 94 valence electrons. The summed E-state index contributed by atoms with van der Waals surface area (Å²) in [5, 5.41) is 0. The van der Waals surface area contributed by atoms with Gasteiger partial charge >= 0.3 is 0 Å². The van der Waals surface area contributed by atoms with Gasteiger partial charge in [-0.1, -0.05) is 12.2 Å². The largest absolute Gasteiger partial charge is 0.345 e. The van der Waals surface area contributed by atoms with E-state index in [9.17, 15) is 4.79 Å². The summed E-state index contributed by atoms with van der Waals surface area (Å²) < 4.78 is 12.0. The van der Waals surface area contributed by atoms with Crippen molar-refractivity contribution < 1.29 is 14.3 Å². The Hall–Kier alpha value is -0.670. The lowest BCUT2D eigenvalue weighted by atomic mass is 9.86. The number of Topliss-reactive ketones (excluding diaryl/α,β-unsaturated/α-hetero) is 1. The van der Waals surface area contributed by atoms with Gasteiger partial charge in [-0.25, -0.2) is 0 Å². The Labute approximate surface area is 102 Å². The molecule has 0 amide bonds. The van der Waals surface area contributed by atoms with Crippen molar-refractivity contribution >= 4 is 5.78 Å². The minimum atomic E-state index is -0.511. The third kappa shape index (κ3) is 1.76. The molecule has 0 bridgehead atoms. The van der Waals surface area contributed by atoms with Gasteiger partial charge in [0.15, 0.2) is 5.79 Å². The molecule has 1 aliphatic heterocycles. The third-order valence-corrected chi connectivity index (χ3v) is 4.35. The summed E-state index contributed by atoms with van der Waals surface area (Å²) in [7, 11) is 0. The second-order valence-electron chi connectivity index (χ2n) is 5.97. The minimum absolute atomic E-state index is 0.0384. The van der Waals surface area contributed by atoms with Crippen LogP contribution in [0.5, 0.6) is 0 Å². The normalized spacial score (nSPS) is 44.4. The van der Waals surface area contributed by atoms with Crippen LogP contribution in [0.4, 0.5) is 0 Å². The molecule has 3 nitrogen and oxygen atoms in total. The van der Waals surface area contributed by atoms with Crippen LogP contribution in [-0.4, -0.2) is 23.8 Å². The minimum Gasteiger partial charge on any atom is -0.345 e. The van der Waals surface area contributed by atoms with E-state index in [1.165, 1.54) is 5.57 Å². The molecule has 1 heterocycles. The Morgan fingerprint density at radius 2 is 2.00 bits per heavy atom. The number of hydrogen-bond acceptors (Lipinski definition) is 3. The van der Waals surface area contributed by atoms with Gasteiger partial charge in [0.1, 0.15) is 5.78 Å². The molecule has 0 aromatic carbocycles. The van der Waals surface area contributed by atoms with E-state index in [1.54, 1.807) is 0 Å². The number of ether oxygens (including phenoxy) is 2. The van der Waals surface area contributed by atoms with E-state index in [4.69, 9.17) is 9.47 Å². The van der Waals surface area contributed by atoms with Crippen molar-refractivity contribution in [3.63, 3.8) is 0 Å². The van der Waals surface area contributed by atoms with Crippen molar-refractivity contribution in [1.29, 1.82) is 0 Å². The summed E-state index contributed by atoms with van der Waals surface area (Å²) in [5.41, 5.74) is 1.18. The Morgan fingerprint density at radius 1 is 1.24 bits per heavy atom. The lowest BCUT2D eigenvalue weighted by molar-refractivity contribution is -0.154. The monoisotopic (exact) mass is 236 g/mol. The van der Waals surface area contributed by atoms with Crippen molar-refractivity contribution in [2.45, 2.75) is 57.5 Å². The van der Waals surface area contributed by atoms with E-state index in [1.807, 2.05) is 13.8 Å². The number of hydrogen-bond donors (Lipinski definition) is 0. The van der Waals surface area contributed by atoms with Crippen LogP contribution in [0.25, 0.3) is 0 Å². The highest BCUT2D eigenvalue weighted by Gasteiger charge is 2.52. The van der Waals surface area contributed by atoms with Crippen LogP contribution >= 0.6 is 0 Å². The molecule has 3 heteroatoms. The number of fused-ring (bicyclic) bond motifs is 3. The molecule has 3 rings (SSSR count). The third-order valence-electron chi connectivity index (χ3n) is 4.35.